The zero-order valence-corrected chi connectivity index (χ0v) is 9.82. The number of rotatable bonds is 4. The molecule has 1 atom stereocenters. The summed E-state index contributed by atoms with van der Waals surface area (Å²) >= 11 is 3.34. The minimum atomic E-state index is -0.875. The van der Waals surface area contributed by atoms with Crippen molar-refractivity contribution in [2.75, 3.05) is 19.3 Å². The molecular weight excluding hydrogens is 250 g/mol. The van der Waals surface area contributed by atoms with Crippen LogP contribution in [0, 0.1) is 0 Å². The van der Waals surface area contributed by atoms with E-state index in [1.165, 1.54) is 0 Å². The van der Waals surface area contributed by atoms with E-state index in [0.29, 0.717) is 5.75 Å². The molecule has 0 aliphatic rings. The van der Waals surface area contributed by atoms with Gasteiger partial charge in [0, 0.05) is 21.7 Å². The van der Waals surface area contributed by atoms with Gasteiger partial charge in [-0.05, 0) is 31.3 Å². The molecule has 1 aromatic carbocycles. The third-order valence-electron chi connectivity index (χ3n) is 1.61. The molecule has 0 aliphatic carbocycles. The second kappa shape index (κ2) is 5.52. The van der Waals surface area contributed by atoms with Crippen molar-refractivity contribution in [2.45, 2.75) is 4.90 Å². The quantitative estimate of drug-likeness (QED) is 0.896. The van der Waals surface area contributed by atoms with Gasteiger partial charge < -0.3 is 5.32 Å². The third-order valence-corrected chi connectivity index (χ3v) is 3.52. The molecule has 0 saturated heterocycles. The lowest BCUT2D eigenvalue weighted by Gasteiger charge is -2.01. The second-order valence-electron chi connectivity index (χ2n) is 2.61. The lowest BCUT2D eigenvalue weighted by atomic mass is 10.4. The SMILES string of the molecule is CNCCS(=O)c1ccc(Br)cc1. The first kappa shape index (κ1) is 10.9. The molecule has 13 heavy (non-hydrogen) atoms. The van der Waals surface area contributed by atoms with Gasteiger partial charge in [-0.25, -0.2) is 0 Å². The van der Waals surface area contributed by atoms with Crippen LogP contribution in [0.4, 0.5) is 0 Å². The van der Waals surface area contributed by atoms with Crippen LogP contribution in [0.25, 0.3) is 0 Å². The number of halogens is 1. The third kappa shape index (κ3) is 3.58. The summed E-state index contributed by atoms with van der Waals surface area (Å²) < 4.78 is 12.6. The van der Waals surface area contributed by atoms with E-state index >= 15 is 0 Å². The highest BCUT2D eigenvalue weighted by molar-refractivity contribution is 9.10. The van der Waals surface area contributed by atoms with E-state index in [0.717, 1.165) is 15.9 Å². The zero-order valence-electron chi connectivity index (χ0n) is 7.42. The van der Waals surface area contributed by atoms with Crippen molar-refractivity contribution in [3.63, 3.8) is 0 Å². The van der Waals surface area contributed by atoms with Gasteiger partial charge in [0.05, 0.1) is 10.8 Å². The summed E-state index contributed by atoms with van der Waals surface area (Å²) in [7, 11) is 0.985. The normalized spacial score (nSPS) is 12.8. The largest absolute Gasteiger partial charge is 0.319 e. The van der Waals surface area contributed by atoms with Crippen molar-refractivity contribution in [3.8, 4) is 0 Å². The minimum absolute atomic E-state index is 0.665. The van der Waals surface area contributed by atoms with Crippen molar-refractivity contribution in [1.29, 1.82) is 0 Å². The highest BCUT2D eigenvalue weighted by Gasteiger charge is 2.01. The first-order valence-electron chi connectivity index (χ1n) is 4.02. The number of hydrogen-bond donors (Lipinski definition) is 1. The van der Waals surface area contributed by atoms with Crippen LogP contribution >= 0.6 is 15.9 Å². The van der Waals surface area contributed by atoms with Gasteiger partial charge in [0.1, 0.15) is 0 Å². The standard InChI is InChI=1S/C9H12BrNOS/c1-11-6-7-13(12)9-4-2-8(10)3-5-9/h2-5,11H,6-7H2,1H3. The van der Waals surface area contributed by atoms with Crippen LogP contribution < -0.4 is 5.32 Å². The Balaban J connectivity index is 2.61. The molecule has 0 bridgehead atoms. The van der Waals surface area contributed by atoms with Crippen LogP contribution in [0.5, 0.6) is 0 Å². The molecule has 0 amide bonds. The molecule has 4 heteroatoms. The fourth-order valence-corrected chi connectivity index (χ4v) is 2.23. The summed E-state index contributed by atoms with van der Waals surface area (Å²) in [5.74, 6) is 0.665. The van der Waals surface area contributed by atoms with Gasteiger partial charge in [-0.15, -0.1) is 0 Å². The minimum Gasteiger partial charge on any atom is -0.319 e. The summed E-state index contributed by atoms with van der Waals surface area (Å²) in [5.41, 5.74) is 0. The molecule has 1 aromatic rings. The summed E-state index contributed by atoms with van der Waals surface area (Å²) in [6.07, 6.45) is 0. The van der Waals surface area contributed by atoms with E-state index < -0.39 is 10.8 Å². The smallest absolute Gasteiger partial charge is 0.0542 e. The lowest BCUT2D eigenvalue weighted by Crippen LogP contribution is -2.15. The van der Waals surface area contributed by atoms with Gasteiger partial charge in [0.25, 0.3) is 0 Å². The highest BCUT2D eigenvalue weighted by Crippen LogP contribution is 2.13. The summed E-state index contributed by atoms with van der Waals surface area (Å²) in [5, 5.41) is 2.98. The molecule has 1 N–H and O–H groups in total. The van der Waals surface area contributed by atoms with Crippen molar-refractivity contribution in [2.24, 2.45) is 0 Å². The second-order valence-corrected chi connectivity index (χ2v) is 5.09. The first-order valence-corrected chi connectivity index (χ1v) is 6.14. The van der Waals surface area contributed by atoms with Crippen molar-refractivity contribution in [1.82, 2.24) is 5.32 Å². The first-order chi connectivity index (χ1) is 6.24. The number of hydrogen-bond acceptors (Lipinski definition) is 2. The van der Waals surface area contributed by atoms with Gasteiger partial charge in [0.15, 0.2) is 0 Å². The molecular formula is C9H12BrNOS. The average molecular weight is 262 g/mol. The molecule has 1 unspecified atom stereocenters. The molecule has 1 rings (SSSR count). The molecule has 0 spiro atoms. The highest BCUT2D eigenvalue weighted by atomic mass is 79.9. The van der Waals surface area contributed by atoms with Crippen LogP contribution in [0.15, 0.2) is 33.6 Å². The summed E-state index contributed by atoms with van der Waals surface area (Å²) in [4.78, 5) is 0.887. The Morgan fingerprint density at radius 2 is 2.00 bits per heavy atom. The van der Waals surface area contributed by atoms with E-state index in [9.17, 15) is 4.21 Å². The predicted molar refractivity (Wildman–Crippen MR) is 59.3 cm³/mol. The molecule has 72 valence electrons. The fourth-order valence-electron chi connectivity index (χ4n) is 0.899. The van der Waals surface area contributed by atoms with Gasteiger partial charge in [-0.3, -0.25) is 4.21 Å². The van der Waals surface area contributed by atoms with Crippen LogP contribution in [0.1, 0.15) is 0 Å². The van der Waals surface area contributed by atoms with E-state index in [1.54, 1.807) is 0 Å². The Morgan fingerprint density at radius 3 is 2.54 bits per heavy atom. The monoisotopic (exact) mass is 261 g/mol. The van der Waals surface area contributed by atoms with Crippen LogP contribution in [-0.2, 0) is 10.8 Å². The van der Waals surface area contributed by atoms with Gasteiger partial charge in [-0.2, -0.15) is 0 Å². The fraction of sp³-hybridized carbons (Fsp3) is 0.333. The molecule has 2 nitrogen and oxygen atoms in total. The van der Waals surface area contributed by atoms with Gasteiger partial charge >= 0.3 is 0 Å². The topological polar surface area (TPSA) is 29.1 Å². The molecule has 0 heterocycles. The van der Waals surface area contributed by atoms with E-state index in [1.807, 2.05) is 31.3 Å². The van der Waals surface area contributed by atoms with E-state index in [2.05, 4.69) is 21.2 Å². The van der Waals surface area contributed by atoms with Gasteiger partial charge in [-0.1, -0.05) is 15.9 Å². The van der Waals surface area contributed by atoms with Crippen LogP contribution in [-0.4, -0.2) is 23.6 Å². The molecule has 0 fully saturated rings. The van der Waals surface area contributed by atoms with Crippen molar-refractivity contribution in [3.05, 3.63) is 28.7 Å². The Labute approximate surface area is 89.3 Å². The molecule has 0 aliphatic heterocycles. The molecule has 0 radical (unpaired) electrons. The van der Waals surface area contributed by atoms with Gasteiger partial charge in [0.2, 0.25) is 0 Å². The van der Waals surface area contributed by atoms with Crippen molar-refractivity contribution >= 4 is 26.7 Å². The Bertz CT molecular complexity index is 286. The molecule has 0 aromatic heterocycles. The Morgan fingerprint density at radius 1 is 1.38 bits per heavy atom. The Hall–Kier alpha value is -0.190. The maximum absolute atomic E-state index is 11.6. The lowest BCUT2D eigenvalue weighted by molar-refractivity contribution is 0.680. The average Bonchev–Trinajstić information content (AvgIpc) is 2.15. The summed E-state index contributed by atoms with van der Waals surface area (Å²) in [6.45, 7) is 0.780. The Kier molecular flexibility index (Phi) is 4.62. The van der Waals surface area contributed by atoms with Crippen LogP contribution in [0.3, 0.4) is 0 Å². The molecule has 0 saturated carbocycles. The van der Waals surface area contributed by atoms with Crippen molar-refractivity contribution < 1.29 is 4.21 Å². The summed E-state index contributed by atoms with van der Waals surface area (Å²) in [6, 6.07) is 7.59. The van der Waals surface area contributed by atoms with E-state index in [-0.39, 0.29) is 0 Å². The maximum Gasteiger partial charge on any atom is 0.0542 e. The van der Waals surface area contributed by atoms with Crippen LogP contribution in [0.2, 0.25) is 0 Å². The number of benzene rings is 1. The predicted octanol–water partition coefficient (Wildman–Crippen LogP) is 1.78. The zero-order chi connectivity index (χ0) is 9.68. The maximum atomic E-state index is 11.6. The number of nitrogens with one attached hydrogen (secondary N) is 1. The van der Waals surface area contributed by atoms with E-state index in [4.69, 9.17) is 0 Å².